The third-order valence-corrected chi connectivity index (χ3v) is 3.95. The molecular weight excluding hydrogens is 312 g/mol. The number of hydrazine groups is 1. The predicted octanol–water partition coefficient (Wildman–Crippen LogP) is 0.693. The van der Waals surface area contributed by atoms with E-state index in [1.807, 2.05) is 6.07 Å². The van der Waals surface area contributed by atoms with E-state index in [-0.39, 0.29) is 0 Å². The van der Waals surface area contributed by atoms with Crippen LogP contribution in [0.3, 0.4) is 0 Å². The molecule has 0 unspecified atom stereocenters. The lowest BCUT2D eigenvalue weighted by atomic mass is 10.2. The van der Waals surface area contributed by atoms with Gasteiger partial charge in [0, 0.05) is 51.9 Å². The highest BCUT2D eigenvalue weighted by Gasteiger charge is 2.22. The van der Waals surface area contributed by atoms with Crippen molar-refractivity contribution in [1.29, 1.82) is 0 Å². The number of amides is 1. The Bertz CT molecular complexity index is 575. The average Bonchev–Trinajstić information content (AvgIpc) is 2.97. The van der Waals surface area contributed by atoms with Crippen LogP contribution >= 0.6 is 0 Å². The van der Waals surface area contributed by atoms with Crippen molar-refractivity contribution >= 4 is 6.09 Å². The van der Waals surface area contributed by atoms with Gasteiger partial charge in [0.05, 0.1) is 19.8 Å². The van der Waals surface area contributed by atoms with E-state index in [1.54, 1.807) is 31.4 Å². The molecule has 1 N–H and O–H groups in total. The van der Waals surface area contributed by atoms with Gasteiger partial charge in [0.15, 0.2) is 5.75 Å². The lowest BCUT2D eigenvalue weighted by molar-refractivity contribution is -0.0942. The highest BCUT2D eigenvalue weighted by molar-refractivity contribution is 5.70. The monoisotopic (exact) mass is 336 g/mol. The first-order valence-corrected chi connectivity index (χ1v) is 8.13. The van der Waals surface area contributed by atoms with Gasteiger partial charge in [-0.3, -0.25) is 4.90 Å². The molecule has 2 aliphatic heterocycles. The summed E-state index contributed by atoms with van der Waals surface area (Å²) in [4.78, 5) is 21.1. The van der Waals surface area contributed by atoms with Crippen LogP contribution in [0.4, 0.5) is 4.79 Å². The minimum Gasteiger partial charge on any atom is -0.410 e. The topological polar surface area (TPSA) is 66.5 Å². The molecule has 0 aromatic heterocycles. The summed E-state index contributed by atoms with van der Waals surface area (Å²) in [5, 5.41) is 1.71. The molecule has 8 nitrogen and oxygen atoms in total. The van der Waals surface area contributed by atoms with E-state index in [4.69, 9.17) is 14.3 Å². The predicted molar refractivity (Wildman–Crippen MR) is 87.6 cm³/mol. The zero-order valence-electron chi connectivity index (χ0n) is 14.2. The Morgan fingerprint density at radius 2 is 2.12 bits per heavy atom. The minimum absolute atomic E-state index is 0.409. The van der Waals surface area contributed by atoms with Gasteiger partial charge in [-0.1, -0.05) is 11.2 Å². The van der Waals surface area contributed by atoms with E-state index in [0.29, 0.717) is 18.0 Å². The maximum absolute atomic E-state index is 11.6. The summed E-state index contributed by atoms with van der Waals surface area (Å²) in [6.45, 7) is 5.97. The average molecular weight is 336 g/mol. The number of hydroxylamine groups is 1. The standard InChI is InChI=1S/C16H24N4O4/c1-18(2)16(21)23-14-4-3-13-12-20(24-15(13)11-14)17-5-6-19-7-9-22-10-8-19/h3-4,11,17H,5-10,12H2,1-2H3. The number of ether oxygens (including phenoxy) is 2. The van der Waals surface area contributed by atoms with E-state index in [2.05, 4.69) is 10.3 Å². The van der Waals surface area contributed by atoms with Crippen LogP contribution in [0.2, 0.25) is 0 Å². The summed E-state index contributed by atoms with van der Waals surface area (Å²) in [6, 6.07) is 5.43. The normalized spacial score (nSPS) is 18.1. The number of nitrogens with zero attached hydrogens (tertiary/aromatic N) is 3. The SMILES string of the molecule is CN(C)C(=O)Oc1ccc2c(c1)ON(NCCN1CCOCC1)C2. The van der Waals surface area contributed by atoms with Crippen LogP contribution in [0.5, 0.6) is 11.5 Å². The third kappa shape index (κ3) is 4.35. The van der Waals surface area contributed by atoms with Crippen LogP contribution in [-0.4, -0.2) is 74.6 Å². The maximum atomic E-state index is 11.6. The number of fused-ring (bicyclic) bond motifs is 1. The van der Waals surface area contributed by atoms with Gasteiger partial charge in [0.25, 0.3) is 0 Å². The van der Waals surface area contributed by atoms with E-state index in [0.717, 1.165) is 45.0 Å². The van der Waals surface area contributed by atoms with Gasteiger partial charge in [-0.2, -0.15) is 0 Å². The van der Waals surface area contributed by atoms with Crippen molar-refractivity contribution in [3.63, 3.8) is 0 Å². The largest absolute Gasteiger partial charge is 0.414 e. The van der Waals surface area contributed by atoms with Gasteiger partial charge in [-0.05, 0) is 6.07 Å². The number of benzene rings is 1. The maximum Gasteiger partial charge on any atom is 0.414 e. The van der Waals surface area contributed by atoms with E-state index >= 15 is 0 Å². The highest BCUT2D eigenvalue weighted by Crippen LogP contribution is 2.31. The Labute approximate surface area is 141 Å². The summed E-state index contributed by atoms with van der Waals surface area (Å²) in [7, 11) is 3.29. The van der Waals surface area contributed by atoms with Gasteiger partial charge >= 0.3 is 6.09 Å². The van der Waals surface area contributed by atoms with Crippen LogP contribution in [-0.2, 0) is 11.3 Å². The molecule has 0 atom stereocenters. The summed E-state index contributed by atoms with van der Waals surface area (Å²) in [5.41, 5.74) is 4.32. The molecule has 0 saturated carbocycles. The smallest absolute Gasteiger partial charge is 0.410 e. The number of morpholine rings is 1. The number of rotatable bonds is 5. The van der Waals surface area contributed by atoms with Gasteiger partial charge in [-0.25, -0.2) is 10.2 Å². The Balaban J connectivity index is 1.46. The molecule has 0 bridgehead atoms. The van der Waals surface area contributed by atoms with Crippen LogP contribution in [0.1, 0.15) is 5.56 Å². The Kier molecular flexibility index (Phi) is 5.52. The fraction of sp³-hybridized carbons (Fsp3) is 0.562. The molecule has 1 aromatic carbocycles. The van der Waals surface area contributed by atoms with Crippen LogP contribution in [0.25, 0.3) is 0 Å². The number of carbonyl (C=O) groups excluding carboxylic acids is 1. The second-order valence-electron chi connectivity index (χ2n) is 6.02. The summed E-state index contributed by atoms with van der Waals surface area (Å²) < 4.78 is 10.6. The van der Waals surface area contributed by atoms with Crippen molar-refractivity contribution in [2.24, 2.45) is 0 Å². The first kappa shape index (κ1) is 17.0. The molecule has 24 heavy (non-hydrogen) atoms. The van der Waals surface area contributed by atoms with Gasteiger partial charge in [0.2, 0.25) is 0 Å². The molecule has 2 heterocycles. The second-order valence-corrected chi connectivity index (χ2v) is 6.02. The van der Waals surface area contributed by atoms with Crippen molar-refractivity contribution in [2.75, 3.05) is 53.5 Å². The number of hydrogen-bond donors (Lipinski definition) is 1. The molecule has 1 amide bonds. The van der Waals surface area contributed by atoms with Crippen LogP contribution < -0.4 is 15.0 Å². The molecule has 1 saturated heterocycles. The molecule has 132 valence electrons. The van der Waals surface area contributed by atoms with Crippen LogP contribution in [0, 0.1) is 0 Å². The Morgan fingerprint density at radius 1 is 1.33 bits per heavy atom. The fourth-order valence-corrected chi connectivity index (χ4v) is 2.56. The summed E-state index contributed by atoms with van der Waals surface area (Å²) >= 11 is 0. The van der Waals surface area contributed by atoms with Crippen molar-refractivity contribution < 1.29 is 19.1 Å². The third-order valence-electron chi connectivity index (χ3n) is 3.95. The van der Waals surface area contributed by atoms with Gasteiger partial charge in [0.1, 0.15) is 5.75 Å². The quantitative estimate of drug-likeness (QED) is 0.849. The molecule has 3 rings (SSSR count). The molecule has 1 aromatic rings. The molecule has 0 radical (unpaired) electrons. The molecule has 1 fully saturated rings. The van der Waals surface area contributed by atoms with E-state index in [1.165, 1.54) is 4.90 Å². The Hall–Kier alpha value is -1.87. The van der Waals surface area contributed by atoms with Crippen molar-refractivity contribution in [3.8, 4) is 11.5 Å². The molecule has 0 spiro atoms. The zero-order valence-corrected chi connectivity index (χ0v) is 14.2. The van der Waals surface area contributed by atoms with Crippen molar-refractivity contribution in [3.05, 3.63) is 23.8 Å². The van der Waals surface area contributed by atoms with Gasteiger partial charge in [-0.15, -0.1) is 0 Å². The van der Waals surface area contributed by atoms with E-state index in [9.17, 15) is 4.79 Å². The number of carbonyl (C=O) groups is 1. The molecule has 8 heteroatoms. The lowest BCUT2D eigenvalue weighted by Gasteiger charge is -2.27. The summed E-state index contributed by atoms with van der Waals surface area (Å²) in [6.07, 6.45) is -0.409. The Morgan fingerprint density at radius 3 is 2.88 bits per heavy atom. The highest BCUT2D eigenvalue weighted by atomic mass is 16.7. The molecule has 0 aliphatic carbocycles. The van der Waals surface area contributed by atoms with E-state index < -0.39 is 6.09 Å². The molecular formula is C16H24N4O4. The van der Waals surface area contributed by atoms with Crippen molar-refractivity contribution in [1.82, 2.24) is 20.4 Å². The zero-order chi connectivity index (χ0) is 16.9. The van der Waals surface area contributed by atoms with Crippen LogP contribution in [0.15, 0.2) is 18.2 Å². The molecule has 2 aliphatic rings. The number of nitrogens with one attached hydrogen (secondary N) is 1. The number of hydrogen-bond acceptors (Lipinski definition) is 7. The fourth-order valence-electron chi connectivity index (χ4n) is 2.56. The lowest BCUT2D eigenvalue weighted by Crippen LogP contribution is -2.44. The van der Waals surface area contributed by atoms with Crippen molar-refractivity contribution in [2.45, 2.75) is 6.54 Å². The second kappa shape index (κ2) is 7.80. The first-order valence-electron chi connectivity index (χ1n) is 8.13. The minimum atomic E-state index is -0.409. The first-order chi connectivity index (χ1) is 11.6. The van der Waals surface area contributed by atoms with Gasteiger partial charge < -0.3 is 19.2 Å². The summed E-state index contributed by atoms with van der Waals surface area (Å²) in [5.74, 6) is 1.18.